The number of amides is 1. The highest BCUT2D eigenvalue weighted by atomic mass is 16.5. The summed E-state index contributed by atoms with van der Waals surface area (Å²) >= 11 is 0. The van der Waals surface area contributed by atoms with Gasteiger partial charge in [0.15, 0.2) is 0 Å². The highest BCUT2D eigenvalue weighted by molar-refractivity contribution is 6.13. The number of hydrogen-bond donors (Lipinski definition) is 0. The molecule has 190 valence electrons. The van der Waals surface area contributed by atoms with Crippen LogP contribution in [0.5, 0.6) is 17.2 Å². The maximum Gasteiger partial charge on any atom is 0.328 e. The Morgan fingerprint density at radius 2 is 1.65 bits per heavy atom. The molecule has 0 aromatic heterocycles. The van der Waals surface area contributed by atoms with E-state index < -0.39 is 12.0 Å². The molecule has 1 heterocycles. The number of fused-ring (bicyclic) bond motifs is 3. The summed E-state index contributed by atoms with van der Waals surface area (Å²) in [6.45, 7) is 0.752. The molecule has 0 N–H and O–H groups in total. The van der Waals surface area contributed by atoms with Gasteiger partial charge in [-0.25, -0.2) is 4.79 Å². The van der Waals surface area contributed by atoms with Crippen LogP contribution in [0.4, 0.5) is 0 Å². The molecule has 4 aromatic carbocycles. The molecular weight excluding hydrogens is 470 g/mol. The molecule has 0 aliphatic carbocycles. The van der Waals surface area contributed by atoms with E-state index in [0.717, 1.165) is 38.4 Å². The molecule has 7 nitrogen and oxygen atoms in total. The lowest BCUT2D eigenvalue weighted by Gasteiger charge is -2.24. The normalized spacial score (nSPS) is 15.3. The molecule has 1 amide bonds. The second kappa shape index (κ2) is 10.4. The smallest absolute Gasteiger partial charge is 0.328 e. The zero-order valence-corrected chi connectivity index (χ0v) is 21.2. The van der Waals surface area contributed by atoms with Crippen molar-refractivity contribution in [2.75, 3.05) is 21.3 Å². The average Bonchev–Trinajstić information content (AvgIpc) is 3.30. The van der Waals surface area contributed by atoms with Crippen molar-refractivity contribution < 1.29 is 28.5 Å². The summed E-state index contributed by atoms with van der Waals surface area (Å²) in [4.78, 5) is 26.4. The Bertz CT molecular complexity index is 1470. The van der Waals surface area contributed by atoms with Crippen LogP contribution in [0.15, 0.2) is 66.7 Å². The van der Waals surface area contributed by atoms with Gasteiger partial charge in [0.1, 0.15) is 29.9 Å². The number of benzene rings is 4. The van der Waals surface area contributed by atoms with E-state index in [9.17, 15) is 9.59 Å². The first-order valence-corrected chi connectivity index (χ1v) is 12.2. The van der Waals surface area contributed by atoms with Crippen LogP contribution < -0.4 is 14.2 Å². The van der Waals surface area contributed by atoms with Crippen molar-refractivity contribution in [2.45, 2.75) is 32.0 Å². The Balaban J connectivity index is 1.55. The van der Waals surface area contributed by atoms with Crippen LogP contribution in [0.2, 0.25) is 0 Å². The van der Waals surface area contributed by atoms with Gasteiger partial charge >= 0.3 is 5.97 Å². The van der Waals surface area contributed by atoms with Gasteiger partial charge in [0.05, 0.1) is 26.7 Å². The Morgan fingerprint density at radius 1 is 0.892 bits per heavy atom. The van der Waals surface area contributed by atoms with Gasteiger partial charge < -0.3 is 23.8 Å². The zero-order valence-electron chi connectivity index (χ0n) is 21.2. The molecule has 5 rings (SSSR count). The minimum absolute atomic E-state index is 0.0647. The summed E-state index contributed by atoms with van der Waals surface area (Å²) in [5.41, 5.74) is 1.95. The van der Waals surface area contributed by atoms with E-state index in [1.807, 2.05) is 66.7 Å². The number of likely N-dealkylation sites (tertiary alicyclic amines) is 1. The lowest BCUT2D eigenvalue weighted by atomic mass is 9.97. The Hall–Kier alpha value is -4.26. The van der Waals surface area contributed by atoms with E-state index in [1.54, 1.807) is 19.1 Å². The van der Waals surface area contributed by atoms with Gasteiger partial charge in [-0.3, -0.25) is 4.79 Å². The fourth-order valence-corrected chi connectivity index (χ4v) is 5.01. The number of rotatable bonds is 8. The highest BCUT2D eigenvalue weighted by Gasteiger charge is 2.36. The standard InChI is InChI=1S/C30H29NO6/c1-34-26-14-20(17-31-25(30(33)36-3)11-12-28(31)32)13-24-23-10-9-22(37-18-19-7-5-4-6-8-19)15-21(23)16-27(35-2)29(24)26/h4-10,13-16,25H,11-12,17-18H2,1-3H3. The quantitative estimate of drug-likeness (QED) is 0.243. The molecule has 0 radical (unpaired) electrons. The Labute approximate surface area is 215 Å². The van der Waals surface area contributed by atoms with Crippen LogP contribution in [-0.2, 0) is 27.5 Å². The van der Waals surface area contributed by atoms with E-state index in [1.165, 1.54) is 7.11 Å². The van der Waals surface area contributed by atoms with E-state index in [4.69, 9.17) is 18.9 Å². The van der Waals surface area contributed by atoms with E-state index in [0.29, 0.717) is 30.9 Å². The predicted molar refractivity (Wildman–Crippen MR) is 141 cm³/mol. The third-order valence-corrected chi connectivity index (χ3v) is 6.85. The van der Waals surface area contributed by atoms with Crippen molar-refractivity contribution in [3.63, 3.8) is 0 Å². The predicted octanol–water partition coefficient (Wildman–Crippen LogP) is 5.25. The number of ether oxygens (including phenoxy) is 4. The molecular formula is C30H29NO6. The van der Waals surface area contributed by atoms with Crippen LogP contribution in [0.25, 0.3) is 21.5 Å². The first-order valence-electron chi connectivity index (χ1n) is 12.2. The maximum absolute atomic E-state index is 12.6. The van der Waals surface area contributed by atoms with Crippen molar-refractivity contribution in [1.29, 1.82) is 0 Å². The van der Waals surface area contributed by atoms with E-state index >= 15 is 0 Å². The minimum Gasteiger partial charge on any atom is -0.496 e. The second-order valence-corrected chi connectivity index (χ2v) is 9.06. The first-order chi connectivity index (χ1) is 18.0. The third-order valence-electron chi connectivity index (χ3n) is 6.85. The second-order valence-electron chi connectivity index (χ2n) is 9.06. The molecule has 0 spiro atoms. The van der Waals surface area contributed by atoms with Crippen molar-refractivity contribution in [1.82, 2.24) is 4.90 Å². The zero-order chi connectivity index (χ0) is 25.9. The monoisotopic (exact) mass is 499 g/mol. The molecule has 0 bridgehead atoms. The van der Waals surface area contributed by atoms with Crippen LogP contribution in [-0.4, -0.2) is 44.1 Å². The van der Waals surface area contributed by atoms with Gasteiger partial charge in [0, 0.05) is 13.0 Å². The average molecular weight is 500 g/mol. The third kappa shape index (κ3) is 4.77. The molecule has 37 heavy (non-hydrogen) atoms. The summed E-state index contributed by atoms with van der Waals surface area (Å²) < 4.78 is 22.5. The molecule has 1 aliphatic heterocycles. The Kier molecular flexibility index (Phi) is 6.86. The minimum atomic E-state index is -0.578. The molecule has 1 atom stereocenters. The van der Waals surface area contributed by atoms with Crippen LogP contribution in [0, 0.1) is 0 Å². The van der Waals surface area contributed by atoms with E-state index in [2.05, 4.69) is 0 Å². The van der Waals surface area contributed by atoms with E-state index in [-0.39, 0.29) is 12.5 Å². The van der Waals surface area contributed by atoms with Crippen LogP contribution in [0.3, 0.4) is 0 Å². The number of carbonyl (C=O) groups is 2. The van der Waals surface area contributed by atoms with Crippen LogP contribution >= 0.6 is 0 Å². The number of carbonyl (C=O) groups excluding carboxylic acids is 2. The summed E-state index contributed by atoms with van der Waals surface area (Å²) in [6, 6.07) is 21.3. The molecule has 1 aliphatic rings. The topological polar surface area (TPSA) is 74.3 Å². The summed E-state index contributed by atoms with van der Waals surface area (Å²) in [7, 11) is 4.59. The van der Waals surface area contributed by atoms with Crippen LogP contribution in [0.1, 0.15) is 24.0 Å². The molecule has 1 fully saturated rings. The highest BCUT2D eigenvalue weighted by Crippen LogP contribution is 2.41. The number of nitrogens with zero attached hydrogens (tertiary/aromatic N) is 1. The van der Waals surface area contributed by atoms with Gasteiger partial charge in [-0.1, -0.05) is 36.4 Å². The number of methoxy groups -OCH3 is 3. The lowest BCUT2D eigenvalue weighted by molar-refractivity contribution is -0.149. The molecule has 0 saturated carbocycles. The largest absolute Gasteiger partial charge is 0.496 e. The summed E-state index contributed by atoms with van der Waals surface area (Å²) in [5.74, 6) is 1.61. The van der Waals surface area contributed by atoms with Gasteiger partial charge in [-0.15, -0.1) is 0 Å². The van der Waals surface area contributed by atoms with Gasteiger partial charge in [-0.2, -0.15) is 0 Å². The SMILES string of the molecule is COC(=O)C1CCC(=O)N1Cc1cc(OC)c2c(OC)cc3cc(OCc4ccccc4)ccc3c2c1. The number of hydrogen-bond acceptors (Lipinski definition) is 6. The molecule has 1 saturated heterocycles. The first kappa shape index (κ1) is 24.4. The van der Waals surface area contributed by atoms with Gasteiger partial charge in [-0.05, 0) is 64.0 Å². The fraction of sp³-hybridized carbons (Fsp3) is 0.267. The van der Waals surface area contributed by atoms with Crippen molar-refractivity contribution in [2.24, 2.45) is 0 Å². The lowest BCUT2D eigenvalue weighted by Crippen LogP contribution is -2.38. The van der Waals surface area contributed by atoms with Crippen molar-refractivity contribution in [3.05, 3.63) is 77.9 Å². The number of esters is 1. The maximum atomic E-state index is 12.6. The van der Waals surface area contributed by atoms with Crippen molar-refractivity contribution in [3.8, 4) is 17.2 Å². The molecule has 4 aromatic rings. The summed E-state index contributed by atoms with van der Waals surface area (Å²) in [5, 5.41) is 3.73. The molecule has 7 heteroatoms. The van der Waals surface area contributed by atoms with Gasteiger partial charge in [0.25, 0.3) is 0 Å². The van der Waals surface area contributed by atoms with Crippen molar-refractivity contribution >= 4 is 33.4 Å². The Morgan fingerprint density at radius 3 is 2.38 bits per heavy atom. The van der Waals surface area contributed by atoms with Gasteiger partial charge in [0.2, 0.25) is 5.91 Å². The molecule has 1 unspecified atom stereocenters. The summed E-state index contributed by atoms with van der Waals surface area (Å²) in [6.07, 6.45) is 0.783. The fourth-order valence-electron chi connectivity index (χ4n) is 5.01.